The molecule has 5 rings (SSSR count). The van der Waals surface area contributed by atoms with Gasteiger partial charge in [-0.25, -0.2) is 14.8 Å². The summed E-state index contributed by atoms with van der Waals surface area (Å²) in [4.78, 5) is 27.4. The van der Waals surface area contributed by atoms with E-state index in [2.05, 4.69) is 32.1 Å². The largest absolute Gasteiger partial charge is 0.486 e. The number of likely N-dealkylation sites (tertiary alicyclic amines) is 1. The van der Waals surface area contributed by atoms with Crippen LogP contribution in [0.15, 0.2) is 61.1 Å². The lowest BCUT2D eigenvalue weighted by molar-refractivity contribution is 0.0261. The summed E-state index contributed by atoms with van der Waals surface area (Å²) in [5, 5.41) is 4.48. The average molecular weight is 571 g/mol. The van der Waals surface area contributed by atoms with Crippen molar-refractivity contribution < 1.29 is 14.3 Å². The first-order valence-electron chi connectivity index (χ1n) is 13.3. The van der Waals surface area contributed by atoms with E-state index in [1.807, 2.05) is 51.1 Å². The number of halogens is 1. The summed E-state index contributed by atoms with van der Waals surface area (Å²) in [7, 11) is 0. The van der Waals surface area contributed by atoms with Crippen molar-refractivity contribution in [3.63, 3.8) is 0 Å². The van der Waals surface area contributed by atoms with Crippen molar-refractivity contribution in [2.24, 2.45) is 0 Å². The summed E-state index contributed by atoms with van der Waals surface area (Å²) in [6.07, 6.45) is 4.50. The van der Waals surface area contributed by atoms with Gasteiger partial charge in [0.05, 0.1) is 22.3 Å². The second-order valence-corrected chi connectivity index (χ2v) is 11.1. The minimum Gasteiger partial charge on any atom is -0.486 e. The van der Waals surface area contributed by atoms with Gasteiger partial charge in [0.1, 0.15) is 30.1 Å². The highest BCUT2D eigenvalue weighted by Gasteiger charge is 2.31. The number of nitrogens with one attached hydrogen (secondary N) is 1. The Morgan fingerprint density at radius 1 is 1.17 bits per heavy atom. The number of ether oxygens (including phenoxy) is 2. The molecule has 1 atom stereocenters. The summed E-state index contributed by atoms with van der Waals surface area (Å²) >= 11 is 6.49. The lowest BCUT2D eigenvalue weighted by Gasteiger charge is -2.26. The molecule has 1 saturated heterocycles. The number of carbonyl (C=O) groups excluding carboxylic acids is 1. The highest BCUT2D eigenvalue weighted by Crippen LogP contribution is 2.32. The van der Waals surface area contributed by atoms with E-state index < -0.39 is 5.60 Å². The first-order valence-corrected chi connectivity index (χ1v) is 13.7. The van der Waals surface area contributed by atoms with Crippen molar-refractivity contribution in [1.29, 1.82) is 0 Å². The Hall–Kier alpha value is -4.55. The molecule has 0 unspecified atom stereocenters. The van der Waals surface area contributed by atoms with Gasteiger partial charge in [0.15, 0.2) is 0 Å². The number of nitrogens with zero attached hydrogens (tertiary/aromatic N) is 4. The van der Waals surface area contributed by atoms with Gasteiger partial charge >= 0.3 is 6.09 Å². The van der Waals surface area contributed by atoms with Gasteiger partial charge in [-0.05, 0) is 76.1 Å². The predicted octanol–water partition coefficient (Wildman–Crippen LogP) is 6.33. The topological polar surface area (TPSA) is 115 Å². The summed E-state index contributed by atoms with van der Waals surface area (Å²) in [6, 6.07) is 14.5. The molecule has 0 spiro atoms. The molecule has 0 aliphatic carbocycles. The maximum absolute atomic E-state index is 12.6. The fraction of sp³-hybridized carbons (Fsp3) is 0.290. The Balaban J connectivity index is 1.32. The molecule has 2 aromatic carbocycles. The fourth-order valence-electron chi connectivity index (χ4n) is 4.41. The maximum atomic E-state index is 12.6. The quantitative estimate of drug-likeness (QED) is 0.211. The summed E-state index contributed by atoms with van der Waals surface area (Å²) in [6.45, 7) is 6.49. The monoisotopic (exact) mass is 570 g/mol. The number of nitrogen functional groups attached to an aromatic ring is 1. The molecule has 9 nitrogen and oxygen atoms in total. The van der Waals surface area contributed by atoms with Crippen molar-refractivity contribution in [3.8, 4) is 17.6 Å². The van der Waals surface area contributed by atoms with Gasteiger partial charge in [-0.2, -0.15) is 0 Å². The molecule has 0 saturated carbocycles. The Morgan fingerprint density at radius 3 is 2.78 bits per heavy atom. The number of amides is 1. The van der Waals surface area contributed by atoms with Crippen LogP contribution in [0, 0.1) is 11.8 Å². The van der Waals surface area contributed by atoms with E-state index in [-0.39, 0.29) is 12.1 Å². The zero-order valence-electron chi connectivity index (χ0n) is 23.1. The standard InChI is InChI=1S/C31H31ClN6O3/c1-31(2,3)41-30(39)38-14-6-8-23(38)11-9-20-15-27-24(17-26(20)33)29(36-19-35-27)37-21-10-12-28(25(32)16-21)40-18-22-7-4-5-13-34-22/h4-5,7,10,12-13,15-17,19,23H,6,8,14,18,33H2,1-3H3,(H,35,36,37)/t23-/m0/s1. The van der Waals surface area contributed by atoms with Crippen LogP contribution in [0.3, 0.4) is 0 Å². The van der Waals surface area contributed by atoms with E-state index in [0.29, 0.717) is 46.5 Å². The molecular weight excluding hydrogens is 540 g/mol. The van der Waals surface area contributed by atoms with E-state index >= 15 is 0 Å². The molecule has 210 valence electrons. The van der Waals surface area contributed by atoms with Gasteiger partial charge in [0, 0.05) is 35.1 Å². The third-order valence-corrected chi connectivity index (χ3v) is 6.65. The van der Waals surface area contributed by atoms with Crippen LogP contribution in [0.25, 0.3) is 10.9 Å². The van der Waals surface area contributed by atoms with Crippen molar-refractivity contribution in [3.05, 3.63) is 77.3 Å². The molecule has 2 aromatic heterocycles. The van der Waals surface area contributed by atoms with Crippen LogP contribution < -0.4 is 15.8 Å². The van der Waals surface area contributed by atoms with Crippen LogP contribution in [-0.4, -0.2) is 44.1 Å². The van der Waals surface area contributed by atoms with Crippen molar-refractivity contribution >= 4 is 45.8 Å². The van der Waals surface area contributed by atoms with Crippen LogP contribution in [0.1, 0.15) is 44.9 Å². The van der Waals surface area contributed by atoms with Gasteiger partial charge in [-0.15, -0.1) is 0 Å². The zero-order chi connectivity index (χ0) is 29.0. The number of aromatic nitrogens is 3. The Morgan fingerprint density at radius 2 is 2.02 bits per heavy atom. The predicted molar refractivity (Wildman–Crippen MR) is 160 cm³/mol. The van der Waals surface area contributed by atoms with Crippen molar-refractivity contribution in [2.45, 2.75) is 51.9 Å². The zero-order valence-corrected chi connectivity index (χ0v) is 23.9. The van der Waals surface area contributed by atoms with Crippen LogP contribution in [0.4, 0.5) is 22.0 Å². The number of rotatable bonds is 5. The van der Waals surface area contributed by atoms with Crippen LogP contribution in [0.2, 0.25) is 5.02 Å². The summed E-state index contributed by atoms with van der Waals surface area (Å²) < 4.78 is 11.4. The molecule has 3 heterocycles. The molecule has 1 fully saturated rings. The maximum Gasteiger partial charge on any atom is 0.411 e. The number of pyridine rings is 1. The minimum absolute atomic E-state index is 0.233. The normalized spacial score (nSPS) is 14.8. The summed E-state index contributed by atoms with van der Waals surface area (Å²) in [5.74, 6) is 7.50. The number of nitrogens with two attached hydrogens (primary N) is 1. The molecular formula is C31H31ClN6O3. The number of hydrogen-bond donors (Lipinski definition) is 2. The number of carbonyl (C=O) groups is 1. The highest BCUT2D eigenvalue weighted by atomic mass is 35.5. The molecule has 0 bridgehead atoms. The molecule has 3 N–H and O–H groups in total. The highest BCUT2D eigenvalue weighted by molar-refractivity contribution is 6.32. The summed E-state index contributed by atoms with van der Waals surface area (Å²) in [5.41, 5.74) is 9.18. The van der Waals surface area contributed by atoms with Gasteiger partial charge < -0.3 is 20.5 Å². The lowest BCUT2D eigenvalue weighted by atomic mass is 10.1. The second-order valence-electron chi connectivity index (χ2n) is 10.7. The Bertz CT molecular complexity index is 1630. The number of benzene rings is 2. The first-order chi connectivity index (χ1) is 19.7. The molecule has 0 radical (unpaired) electrons. The fourth-order valence-corrected chi connectivity index (χ4v) is 4.65. The molecule has 10 heteroatoms. The van der Waals surface area contributed by atoms with E-state index in [1.54, 1.807) is 29.3 Å². The second kappa shape index (κ2) is 11.9. The average Bonchev–Trinajstić information content (AvgIpc) is 3.41. The Labute approximate surface area is 244 Å². The van der Waals surface area contributed by atoms with E-state index in [4.69, 9.17) is 26.8 Å². The number of hydrogen-bond acceptors (Lipinski definition) is 8. The Kier molecular flexibility index (Phi) is 8.13. The van der Waals surface area contributed by atoms with Crippen molar-refractivity contribution in [1.82, 2.24) is 19.9 Å². The SMILES string of the molecule is CC(C)(C)OC(=O)N1CCC[C@H]1C#Cc1cc2ncnc(Nc3ccc(OCc4ccccn4)c(Cl)c3)c2cc1N. The van der Waals surface area contributed by atoms with Gasteiger partial charge in [0.25, 0.3) is 0 Å². The van der Waals surface area contributed by atoms with Gasteiger partial charge in [-0.1, -0.05) is 29.5 Å². The molecule has 1 amide bonds. The smallest absolute Gasteiger partial charge is 0.411 e. The van der Waals surface area contributed by atoms with Crippen LogP contribution in [0.5, 0.6) is 5.75 Å². The molecule has 41 heavy (non-hydrogen) atoms. The molecule has 1 aliphatic heterocycles. The van der Waals surface area contributed by atoms with Gasteiger partial charge in [-0.3, -0.25) is 9.88 Å². The molecule has 4 aromatic rings. The van der Waals surface area contributed by atoms with E-state index in [9.17, 15) is 4.79 Å². The molecule has 1 aliphatic rings. The first kappa shape index (κ1) is 28.0. The number of fused-ring (bicyclic) bond motifs is 1. The van der Waals surface area contributed by atoms with E-state index in [1.165, 1.54) is 6.33 Å². The third kappa shape index (κ3) is 6.97. The minimum atomic E-state index is -0.562. The van der Waals surface area contributed by atoms with E-state index in [0.717, 1.165) is 29.6 Å². The van der Waals surface area contributed by atoms with Crippen molar-refractivity contribution in [2.75, 3.05) is 17.6 Å². The van der Waals surface area contributed by atoms with Crippen LogP contribution in [-0.2, 0) is 11.3 Å². The lowest BCUT2D eigenvalue weighted by Crippen LogP contribution is -2.39. The third-order valence-electron chi connectivity index (χ3n) is 6.36. The van der Waals surface area contributed by atoms with Crippen LogP contribution >= 0.6 is 11.6 Å². The van der Waals surface area contributed by atoms with Gasteiger partial charge in [0.2, 0.25) is 0 Å². The number of anilines is 3.